The van der Waals surface area contributed by atoms with Crippen molar-refractivity contribution in [2.24, 2.45) is 0 Å². The van der Waals surface area contributed by atoms with Crippen LogP contribution in [0.5, 0.6) is 5.75 Å². The molecule has 2 aromatic rings. The van der Waals surface area contributed by atoms with E-state index in [0.717, 1.165) is 24.3 Å². The fourth-order valence-corrected chi connectivity index (χ4v) is 1.49. The zero-order valence-electron chi connectivity index (χ0n) is 9.70. The Hall–Kier alpha value is -2.30. The molecule has 98 valence electrons. The van der Waals surface area contributed by atoms with Gasteiger partial charge in [-0.3, -0.25) is 4.79 Å². The van der Waals surface area contributed by atoms with Crippen LogP contribution in [0.4, 0.5) is 13.2 Å². The highest BCUT2D eigenvalue weighted by molar-refractivity contribution is 5.97. The van der Waals surface area contributed by atoms with Crippen molar-refractivity contribution in [3.05, 3.63) is 65.5 Å². The van der Waals surface area contributed by atoms with Crippen molar-refractivity contribution < 1.29 is 22.7 Å². The number of Topliss-reactive ketones (excluding diaryl/α,β-unsaturated/α-hetero) is 1. The number of hydrogen-bond acceptors (Lipinski definition) is 2. The maximum atomic E-state index is 13.3. The van der Waals surface area contributed by atoms with Crippen LogP contribution in [0.15, 0.2) is 42.5 Å². The van der Waals surface area contributed by atoms with Crippen LogP contribution >= 0.6 is 0 Å². The summed E-state index contributed by atoms with van der Waals surface area (Å²) in [5.41, 5.74) is -0.392. The molecule has 5 heteroatoms. The van der Waals surface area contributed by atoms with Gasteiger partial charge in [-0.05, 0) is 30.3 Å². The van der Waals surface area contributed by atoms with Crippen molar-refractivity contribution in [3.8, 4) is 5.75 Å². The zero-order chi connectivity index (χ0) is 13.8. The fraction of sp³-hybridized carbons (Fsp3) is 0.0714. The SMILES string of the molecule is O=C(COc1cccc(F)c1)c1cc(F)ccc1F. The molecule has 0 aliphatic rings. The van der Waals surface area contributed by atoms with Gasteiger partial charge in [0, 0.05) is 6.07 Å². The van der Waals surface area contributed by atoms with Gasteiger partial charge in [-0.25, -0.2) is 13.2 Å². The minimum Gasteiger partial charge on any atom is -0.485 e. The molecular weight excluding hydrogens is 257 g/mol. The highest BCUT2D eigenvalue weighted by Gasteiger charge is 2.13. The third-order valence-electron chi connectivity index (χ3n) is 2.39. The van der Waals surface area contributed by atoms with E-state index < -0.39 is 35.4 Å². The quantitative estimate of drug-likeness (QED) is 0.793. The van der Waals surface area contributed by atoms with E-state index in [1.807, 2.05) is 0 Å². The van der Waals surface area contributed by atoms with E-state index in [0.29, 0.717) is 0 Å². The van der Waals surface area contributed by atoms with Gasteiger partial charge in [-0.1, -0.05) is 6.07 Å². The molecule has 0 heterocycles. The third-order valence-corrected chi connectivity index (χ3v) is 2.39. The standard InChI is InChI=1S/C14H9F3O2/c15-9-2-1-3-11(6-9)19-8-14(18)12-7-10(16)4-5-13(12)17/h1-7H,8H2. The Bertz CT molecular complexity index is 611. The monoisotopic (exact) mass is 266 g/mol. The van der Waals surface area contributed by atoms with Crippen LogP contribution in [0.25, 0.3) is 0 Å². The summed E-state index contributed by atoms with van der Waals surface area (Å²) in [5, 5.41) is 0. The molecule has 0 radical (unpaired) electrons. The summed E-state index contributed by atoms with van der Waals surface area (Å²) in [4.78, 5) is 11.7. The van der Waals surface area contributed by atoms with Crippen molar-refractivity contribution in [2.45, 2.75) is 0 Å². The minimum atomic E-state index is -0.825. The average Bonchev–Trinajstić information content (AvgIpc) is 2.39. The van der Waals surface area contributed by atoms with E-state index in [4.69, 9.17) is 4.74 Å². The van der Waals surface area contributed by atoms with Crippen molar-refractivity contribution in [3.63, 3.8) is 0 Å². The Kier molecular flexibility index (Phi) is 3.85. The molecule has 0 amide bonds. The maximum absolute atomic E-state index is 13.3. The van der Waals surface area contributed by atoms with Gasteiger partial charge < -0.3 is 4.74 Å². The molecule has 0 saturated carbocycles. The molecular formula is C14H9F3O2. The molecule has 2 rings (SSSR count). The molecule has 0 aliphatic carbocycles. The van der Waals surface area contributed by atoms with Crippen LogP contribution in [-0.4, -0.2) is 12.4 Å². The summed E-state index contributed by atoms with van der Waals surface area (Å²) in [6.07, 6.45) is 0. The Morgan fingerprint density at radius 3 is 2.47 bits per heavy atom. The van der Waals surface area contributed by atoms with Crippen LogP contribution < -0.4 is 4.74 Å². The van der Waals surface area contributed by atoms with Crippen molar-refractivity contribution in [2.75, 3.05) is 6.61 Å². The average molecular weight is 266 g/mol. The maximum Gasteiger partial charge on any atom is 0.203 e. The topological polar surface area (TPSA) is 26.3 Å². The molecule has 2 nitrogen and oxygen atoms in total. The van der Waals surface area contributed by atoms with E-state index in [-0.39, 0.29) is 5.75 Å². The number of benzene rings is 2. The molecule has 0 fully saturated rings. The van der Waals surface area contributed by atoms with Crippen molar-refractivity contribution in [1.82, 2.24) is 0 Å². The van der Waals surface area contributed by atoms with E-state index in [1.54, 1.807) is 0 Å². The predicted octanol–water partition coefficient (Wildman–Crippen LogP) is 3.37. The smallest absolute Gasteiger partial charge is 0.203 e. The highest BCUT2D eigenvalue weighted by atomic mass is 19.1. The molecule has 0 aromatic heterocycles. The first-order chi connectivity index (χ1) is 9.06. The molecule has 0 unspecified atom stereocenters. The summed E-state index contributed by atoms with van der Waals surface area (Å²) in [6, 6.07) is 7.77. The summed E-state index contributed by atoms with van der Waals surface area (Å²) in [7, 11) is 0. The first kappa shape index (κ1) is 13.1. The van der Waals surface area contributed by atoms with Crippen LogP contribution in [0.1, 0.15) is 10.4 Å². The van der Waals surface area contributed by atoms with Crippen LogP contribution in [0.2, 0.25) is 0 Å². The Morgan fingerprint density at radius 2 is 1.74 bits per heavy atom. The normalized spacial score (nSPS) is 10.3. The first-order valence-electron chi connectivity index (χ1n) is 5.43. The summed E-state index contributed by atoms with van der Waals surface area (Å²) >= 11 is 0. The molecule has 0 spiro atoms. The minimum absolute atomic E-state index is 0.144. The van der Waals surface area contributed by atoms with Crippen molar-refractivity contribution in [1.29, 1.82) is 0 Å². The number of rotatable bonds is 4. The van der Waals surface area contributed by atoms with Crippen LogP contribution in [0, 0.1) is 17.5 Å². The van der Waals surface area contributed by atoms with Gasteiger partial charge in [0.25, 0.3) is 0 Å². The molecule has 0 atom stereocenters. The largest absolute Gasteiger partial charge is 0.485 e. The highest BCUT2D eigenvalue weighted by Crippen LogP contribution is 2.14. The predicted molar refractivity (Wildman–Crippen MR) is 62.6 cm³/mol. The fourth-order valence-electron chi connectivity index (χ4n) is 1.49. The summed E-state index contributed by atoms with van der Waals surface area (Å²) < 4.78 is 44.1. The van der Waals surface area contributed by atoms with Gasteiger partial charge in [-0.15, -0.1) is 0 Å². The lowest BCUT2D eigenvalue weighted by atomic mass is 10.1. The van der Waals surface area contributed by atoms with Gasteiger partial charge in [-0.2, -0.15) is 0 Å². The second kappa shape index (κ2) is 5.56. The van der Waals surface area contributed by atoms with Gasteiger partial charge in [0.15, 0.2) is 6.61 Å². The molecule has 0 bridgehead atoms. The summed E-state index contributed by atoms with van der Waals surface area (Å²) in [5.74, 6) is -2.63. The zero-order valence-corrected chi connectivity index (χ0v) is 9.70. The van der Waals surface area contributed by atoms with Gasteiger partial charge in [0.2, 0.25) is 5.78 Å². The molecule has 2 aromatic carbocycles. The first-order valence-corrected chi connectivity index (χ1v) is 5.43. The number of carbonyl (C=O) groups is 1. The lowest BCUT2D eigenvalue weighted by molar-refractivity contribution is 0.0916. The lowest BCUT2D eigenvalue weighted by Crippen LogP contribution is -2.13. The molecule has 0 aliphatic heterocycles. The Labute approximate surface area is 107 Å². The van der Waals surface area contributed by atoms with E-state index in [1.165, 1.54) is 18.2 Å². The second-order valence-corrected chi connectivity index (χ2v) is 3.79. The summed E-state index contributed by atoms with van der Waals surface area (Å²) in [6.45, 7) is -0.496. The lowest BCUT2D eigenvalue weighted by Gasteiger charge is -2.06. The Morgan fingerprint density at radius 1 is 1.00 bits per heavy atom. The van der Waals surface area contributed by atoms with Crippen LogP contribution in [-0.2, 0) is 0 Å². The van der Waals surface area contributed by atoms with Crippen molar-refractivity contribution >= 4 is 5.78 Å². The Balaban J connectivity index is 2.07. The van der Waals surface area contributed by atoms with Crippen LogP contribution in [0.3, 0.4) is 0 Å². The third kappa shape index (κ3) is 3.34. The number of halogens is 3. The van der Waals surface area contributed by atoms with E-state index in [9.17, 15) is 18.0 Å². The van der Waals surface area contributed by atoms with E-state index >= 15 is 0 Å². The van der Waals surface area contributed by atoms with Gasteiger partial charge >= 0.3 is 0 Å². The number of ether oxygens (including phenoxy) is 1. The number of ketones is 1. The van der Waals surface area contributed by atoms with E-state index in [2.05, 4.69) is 0 Å². The molecule has 0 saturated heterocycles. The second-order valence-electron chi connectivity index (χ2n) is 3.79. The molecule has 0 N–H and O–H groups in total. The van der Waals surface area contributed by atoms with Gasteiger partial charge in [0.1, 0.15) is 23.2 Å². The molecule has 19 heavy (non-hydrogen) atoms. The number of hydrogen-bond donors (Lipinski definition) is 0. The number of carbonyl (C=O) groups excluding carboxylic acids is 1. The van der Waals surface area contributed by atoms with Gasteiger partial charge in [0.05, 0.1) is 5.56 Å².